The standard InChI is InChI=1S/C15H21FO2/c1-11-3-4-13(9-14(11)16)15(2,17)10-12-5-7-18-8-6-12/h3-4,9,12,17H,5-8,10H2,1-2H3. The van der Waals surface area contributed by atoms with Gasteiger partial charge in [0.25, 0.3) is 0 Å². The Balaban J connectivity index is 2.10. The first-order valence-electron chi connectivity index (χ1n) is 6.56. The predicted molar refractivity (Wildman–Crippen MR) is 68.9 cm³/mol. The fourth-order valence-electron chi connectivity index (χ4n) is 2.56. The van der Waals surface area contributed by atoms with Crippen molar-refractivity contribution in [1.82, 2.24) is 0 Å². The van der Waals surface area contributed by atoms with Gasteiger partial charge in [-0.05, 0) is 56.2 Å². The van der Waals surface area contributed by atoms with Gasteiger partial charge in [-0.2, -0.15) is 0 Å². The summed E-state index contributed by atoms with van der Waals surface area (Å²) in [5.74, 6) is 0.206. The van der Waals surface area contributed by atoms with Crippen LogP contribution < -0.4 is 0 Å². The molecule has 100 valence electrons. The molecule has 1 saturated heterocycles. The number of hydrogen-bond acceptors (Lipinski definition) is 2. The Morgan fingerprint density at radius 1 is 1.39 bits per heavy atom. The van der Waals surface area contributed by atoms with Crippen molar-refractivity contribution in [3.05, 3.63) is 35.1 Å². The van der Waals surface area contributed by atoms with Crippen molar-refractivity contribution in [1.29, 1.82) is 0 Å². The quantitative estimate of drug-likeness (QED) is 0.895. The minimum absolute atomic E-state index is 0.250. The van der Waals surface area contributed by atoms with Crippen molar-refractivity contribution in [3.8, 4) is 0 Å². The normalized spacial score (nSPS) is 20.7. The minimum atomic E-state index is -0.962. The zero-order valence-electron chi connectivity index (χ0n) is 11.1. The molecule has 3 heteroatoms. The molecule has 0 saturated carbocycles. The first-order valence-corrected chi connectivity index (χ1v) is 6.56. The molecular formula is C15H21FO2. The predicted octanol–water partition coefficient (Wildman–Crippen LogP) is 3.16. The van der Waals surface area contributed by atoms with Crippen LogP contribution in [0, 0.1) is 18.7 Å². The lowest BCUT2D eigenvalue weighted by atomic mass is 9.82. The van der Waals surface area contributed by atoms with Crippen LogP contribution in [0.25, 0.3) is 0 Å². The monoisotopic (exact) mass is 252 g/mol. The van der Waals surface area contributed by atoms with Crippen molar-refractivity contribution in [2.45, 2.75) is 38.7 Å². The average Bonchev–Trinajstić information content (AvgIpc) is 2.33. The van der Waals surface area contributed by atoms with Gasteiger partial charge in [0.05, 0.1) is 5.60 Å². The summed E-state index contributed by atoms with van der Waals surface area (Å²) in [5.41, 5.74) is 0.314. The van der Waals surface area contributed by atoms with E-state index >= 15 is 0 Å². The van der Waals surface area contributed by atoms with Crippen molar-refractivity contribution in [2.24, 2.45) is 5.92 Å². The van der Waals surface area contributed by atoms with Crippen molar-refractivity contribution in [2.75, 3.05) is 13.2 Å². The molecular weight excluding hydrogens is 231 g/mol. The second-order valence-electron chi connectivity index (χ2n) is 5.50. The summed E-state index contributed by atoms with van der Waals surface area (Å²) < 4.78 is 18.9. The number of ether oxygens (including phenoxy) is 1. The molecule has 1 aliphatic heterocycles. The van der Waals surface area contributed by atoms with Crippen LogP contribution in [0.1, 0.15) is 37.3 Å². The summed E-state index contributed by atoms with van der Waals surface area (Å²) in [7, 11) is 0. The molecule has 0 radical (unpaired) electrons. The van der Waals surface area contributed by atoms with Crippen LogP contribution in [-0.4, -0.2) is 18.3 Å². The van der Waals surface area contributed by atoms with Gasteiger partial charge in [0, 0.05) is 13.2 Å². The Morgan fingerprint density at radius 3 is 2.67 bits per heavy atom. The number of benzene rings is 1. The maximum atomic E-state index is 13.6. The average molecular weight is 252 g/mol. The Hall–Kier alpha value is -0.930. The molecule has 1 unspecified atom stereocenters. The van der Waals surface area contributed by atoms with E-state index in [1.54, 1.807) is 19.9 Å². The molecule has 18 heavy (non-hydrogen) atoms. The Morgan fingerprint density at radius 2 is 2.06 bits per heavy atom. The number of aryl methyl sites for hydroxylation is 1. The molecule has 0 bridgehead atoms. The lowest BCUT2D eigenvalue weighted by Crippen LogP contribution is -2.28. The van der Waals surface area contributed by atoms with Crippen LogP contribution in [0.5, 0.6) is 0 Å². The third-order valence-corrected chi connectivity index (χ3v) is 3.82. The van der Waals surface area contributed by atoms with E-state index in [1.165, 1.54) is 6.07 Å². The van der Waals surface area contributed by atoms with E-state index in [2.05, 4.69) is 0 Å². The highest BCUT2D eigenvalue weighted by atomic mass is 19.1. The second-order valence-corrected chi connectivity index (χ2v) is 5.50. The Bertz CT molecular complexity index is 409. The molecule has 1 aromatic carbocycles. The van der Waals surface area contributed by atoms with Gasteiger partial charge in [0.15, 0.2) is 0 Å². The SMILES string of the molecule is Cc1ccc(C(C)(O)CC2CCOCC2)cc1F. The molecule has 1 heterocycles. The highest BCUT2D eigenvalue weighted by Gasteiger charge is 2.29. The molecule has 0 amide bonds. The lowest BCUT2D eigenvalue weighted by Gasteiger charge is -2.31. The van der Waals surface area contributed by atoms with Gasteiger partial charge in [-0.3, -0.25) is 0 Å². The molecule has 1 atom stereocenters. The van der Waals surface area contributed by atoms with Crippen molar-refractivity contribution in [3.63, 3.8) is 0 Å². The third-order valence-electron chi connectivity index (χ3n) is 3.82. The summed E-state index contributed by atoms with van der Waals surface area (Å²) in [5, 5.41) is 10.5. The molecule has 0 aromatic heterocycles. The summed E-state index contributed by atoms with van der Waals surface area (Å²) in [6.07, 6.45) is 2.62. The van der Waals surface area contributed by atoms with Crippen molar-refractivity contribution >= 4 is 0 Å². The van der Waals surface area contributed by atoms with E-state index in [0.717, 1.165) is 26.1 Å². The fourth-order valence-corrected chi connectivity index (χ4v) is 2.56. The van der Waals surface area contributed by atoms with E-state index in [1.807, 2.05) is 6.07 Å². The molecule has 1 fully saturated rings. The second kappa shape index (κ2) is 5.37. The van der Waals surface area contributed by atoms with E-state index in [4.69, 9.17) is 4.74 Å². The largest absolute Gasteiger partial charge is 0.385 e. The van der Waals surface area contributed by atoms with Crippen LogP contribution in [0.3, 0.4) is 0 Å². The highest BCUT2D eigenvalue weighted by Crippen LogP contribution is 2.33. The molecule has 0 aliphatic carbocycles. The van der Waals surface area contributed by atoms with Gasteiger partial charge in [-0.1, -0.05) is 12.1 Å². The van der Waals surface area contributed by atoms with Gasteiger partial charge in [-0.15, -0.1) is 0 Å². The van der Waals surface area contributed by atoms with E-state index in [-0.39, 0.29) is 5.82 Å². The summed E-state index contributed by atoms with van der Waals surface area (Å²) >= 11 is 0. The third kappa shape index (κ3) is 3.09. The number of hydrogen-bond donors (Lipinski definition) is 1. The molecule has 1 aliphatic rings. The molecule has 1 aromatic rings. The van der Waals surface area contributed by atoms with Crippen LogP contribution in [-0.2, 0) is 10.3 Å². The summed E-state index contributed by atoms with van der Waals surface area (Å²) in [6.45, 7) is 5.03. The zero-order valence-corrected chi connectivity index (χ0v) is 11.1. The highest BCUT2D eigenvalue weighted by molar-refractivity contribution is 5.27. The molecule has 1 N–H and O–H groups in total. The molecule has 0 spiro atoms. The van der Waals surface area contributed by atoms with Crippen LogP contribution in [0.2, 0.25) is 0 Å². The Kier molecular flexibility index (Phi) is 4.03. The topological polar surface area (TPSA) is 29.5 Å². The summed E-state index contributed by atoms with van der Waals surface area (Å²) in [4.78, 5) is 0. The smallest absolute Gasteiger partial charge is 0.126 e. The van der Waals surface area contributed by atoms with Gasteiger partial charge in [0.2, 0.25) is 0 Å². The first kappa shape index (κ1) is 13.5. The van der Waals surface area contributed by atoms with E-state index < -0.39 is 5.60 Å². The number of halogens is 1. The van der Waals surface area contributed by atoms with E-state index in [0.29, 0.717) is 23.5 Å². The lowest BCUT2D eigenvalue weighted by molar-refractivity contribution is -0.00322. The van der Waals surface area contributed by atoms with Crippen LogP contribution in [0.15, 0.2) is 18.2 Å². The van der Waals surface area contributed by atoms with Gasteiger partial charge >= 0.3 is 0 Å². The number of rotatable bonds is 3. The first-order chi connectivity index (χ1) is 8.49. The Labute approximate surface area is 108 Å². The minimum Gasteiger partial charge on any atom is -0.385 e. The zero-order chi connectivity index (χ0) is 13.2. The maximum Gasteiger partial charge on any atom is 0.126 e. The van der Waals surface area contributed by atoms with Crippen LogP contribution >= 0.6 is 0 Å². The van der Waals surface area contributed by atoms with Gasteiger partial charge in [-0.25, -0.2) is 4.39 Å². The number of aliphatic hydroxyl groups is 1. The van der Waals surface area contributed by atoms with E-state index in [9.17, 15) is 9.50 Å². The molecule has 2 nitrogen and oxygen atoms in total. The summed E-state index contributed by atoms with van der Waals surface area (Å²) in [6, 6.07) is 5.00. The fraction of sp³-hybridized carbons (Fsp3) is 0.600. The molecule has 2 rings (SSSR count). The van der Waals surface area contributed by atoms with Gasteiger partial charge in [0.1, 0.15) is 5.82 Å². The van der Waals surface area contributed by atoms with Gasteiger partial charge < -0.3 is 9.84 Å². The van der Waals surface area contributed by atoms with Crippen LogP contribution in [0.4, 0.5) is 4.39 Å². The maximum absolute atomic E-state index is 13.6. The van der Waals surface area contributed by atoms with Crippen molar-refractivity contribution < 1.29 is 14.2 Å².